The number of carbonyl (C=O) groups excluding carboxylic acids is 1. The number of hydrogen-bond acceptors (Lipinski definition) is 2. The quantitative estimate of drug-likeness (QED) is 0.862. The molecule has 0 aliphatic carbocycles. The van der Waals surface area contributed by atoms with Crippen LogP contribution in [0.4, 0.5) is 0 Å². The zero-order valence-corrected chi connectivity index (χ0v) is 11.2. The van der Waals surface area contributed by atoms with Crippen LogP contribution in [0.1, 0.15) is 18.9 Å². The molecule has 0 saturated carbocycles. The van der Waals surface area contributed by atoms with Crippen LogP contribution in [-0.2, 0) is 11.2 Å². The van der Waals surface area contributed by atoms with Crippen molar-refractivity contribution in [2.75, 3.05) is 6.54 Å². The molecule has 0 spiro atoms. The first kappa shape index (κ1) is 13.6. The largest absolute Gasteiger partial charge is 0.353 e. The van der Waals surface area contributed by atoms with Gasteiger partial charge in [0.25, 0.3) is 0 Å². The standard InChI is InChI=1S/C16H20N2O/c1-12(9-10-17)18-16(19)11-14-7-4-6-13-5-2-3-8-15(13)14/h2-8,12H,9-11,17H2,1H3,(H,18,19). The van der Waals surface area contributed by atoms with Gasteiger partial charge in [-0.2, -0.15) is 0 Å². The molecule has 1 unspecified atom stereocenters. The van der Waals surface area contributed by atoms with Crippen molar-refractivity contribution >= 4 is 16.7 Å². The van der Waals surface area contributed by atoms with Crippen molar-refractivity contribution in [1.29, 1.82) is 0 Å². The molecule has 2 aromatic carbocycles. The highest BCUT2D eigenvalue weighted by atomic mass is 16.1. The van der Waals surface area contributed by atoms with Crippen LogP contribution in [0.3, 0.4) is 0 Å². The minimum absolute atomic E-state index is 0.0531. The van der Waals surface area contributed by atoms with Gasteiger partial charge < -0.3 is 11.1 Å². The van der Waals surface area contributed by atoms with Crippen LogP contribution in [0.2, 0.25) is 0 Å². The molecular weight excluding hydrogens is 236 g/mol. The number of fused-ring (bicyclic) bond motifs is 1. The molecule has 0 bridgehead atoms. The van der Waals surface area contributed by atoms with Gasteiger partial charge in [0.15, 0.2) is 0 Å². The van der Waals surface area contributed by atoms with Crippen molar-refractivity contribution < 1.29 is 4.79 Å². The van der Waals surface area contributed by atoms with E-state index in [9.17, 15) is 4.79 Å². The van der Waals surface area contributed by atoms with E-state index in [1.54, 1.807) is 0 Å². The Hall–Kier alpha value is -1.87. The van der Waals surface area contributed by atoms with Crippen molar-refractivity contribution in [3.05, 3.63) is 48.0 Å². The summed E-state index contributed by atoms with van der Waals surface area (Å²) in [5.41, 5.74) is 6.55. The summed E-state index contributed by atoms with van der Waals surface area (Å²) in [6, 6.07) is 14.3. The van der Waals surface area contributed by atoms with Gasteiger partial charge in [0, 0.05) is 6.04 Å². The zero-order chi connectivity index (χ0) is 13.7. The zero-order valence-electron chi connectivity index (χ0n) is 11.2. The van der Waals surface area contributed by atoms with E-state index >= 15 is 0 Å². The number of nitrogens with one attached hydrogen (secondary N) is 1. The van der Waals surface area contributed by atoms with Crippen LogP contribution in [0.5, 0.6) is 0 Å². The van der Waals surface area contributed by atoms with Gasteiger partial charge in [-0.3, -0.25) is 4.79 Å². The lowest BCUT2D eigenvalue weighted by molar-refractivity contribution is -0.121. The molecule has 3 heteroatoms. The predicted octanol–water partition coefficient (Wildman–Crippen LogP) is 2.24. The lowest BCUT2D eigenvalue weighted by Crippen LogP contribution is -2.35. The number of carbonyl (C=O) groups is 1. The van der Waals surface area contributed by atoms with E-state index in [0.717, 1.165) is 17.4 Å². The number of nitrogens with two attached hydrogens (primary N) is 1. The monoisotopic (exact) mass is 256 g/mol. The van der Waals surface area contributed by atoms with Crippen LogP contribution >= 0.6 is 0 Å². The Morgan fingerprint density at radius 1 is 1.21 bits per heavy atom. The Morgan fingerprint density at radius 2 is 1.95 bits per heavy atom. The van der Waals surface area contributed by atoms with E-state index in [1.165, 1.54) is 5.39 Å². The van der Waals surface area contributed by atoms with Gasteiger partial charge in [-0.25, -0.2) is 0 Å². The summed E-state index contributed by atoms with van der Waals surface area (Å²) in [4.78, 5) is 12.0. The average molecular weight is 256 g/mol. The van der Waals surface area contributed by atoms with Crippen LogP contribution in [0.25, 0.3) is 10.8 Å². The van der Waals surface area contributed by atoms with Crippen LogP contribution in [-0.4, -0.2) is 18.5 Å². The van der Waals surface area contributed by atoms with Gasteiger partial charge in [-0.15, -0.1) is 0 Å². The maximum Gasteiger partial charge on any atom is 0.224 e. The molecule has 0 radical (unpaired) electrons. The summed E-state index contributed by atoms with van der Waals surface area (Å²) >= 11 is 0. The summed E-state index contributed by atoms with van der Waals surface area (Å²) in [5, 5.41) is 5.29. The van der Waals surface area contributed by atoms with Crippen molar-refractivity contribution in [2.24, 2.45) is 5.73 Å². The molecule has 0 fully saturated rings. The Bertz CT molecular complexity index is 560. The van der Waals surface area contributed by atoms with Crippen molar-refractivity contribution in [3.8, 4) is 0 Å². The second-order valence-electron chi connectivity index (χ2n) is 4.86. The fraction of sp³-hybridized carbons (Fsp3) is 0.312. The maximum atomic E-state index is 12.0. The fourth-order valence-corrected chi connectivity index (χ4v) is 2.27. The summed E-state index contributed by atoms with van der Waals surface area (Å²) in [6.45, 7) is 2.57. The Balaban J connectivity index is 2.11. The molecule has 0 saturated heterocycles. The summed E-state index contributed by atoms with van der Waals surface area (Å²) in [6.07, 6.45) is 1.22. The molecule has 2 rings (SSSR count). The number of amides is 1. The van der Waals surface area contributed by atoms with Crippen molar-refractivity contribution in [2.45, 2.75) is 25.8 Å². The van der Waals surface area contributed by atoms with E-state index < -0.39 is 0 Å². The highest BCUT2D eigenvalue weighted by Crippen LogP contribution is 2.18. The van der Waals surface area contributed by atoms with Crippen molar-refractivity contribution in [1.82, 2.24) is 5.32 Å². The third-order valence-corrected chi connectivity index (χ3v) is 3.24. The second kappa shape index (κ2) is 6.34. The van der Waals surface area contributed by atoms with E-state index in [1.807, 2.05) is 31.2 Å². The molecule has 0 aliphatic rings. The van der Waals surface area contributed by atoms with E-state index in [-0.39, 0.29) is 11.9 Å². The van der Waals surface area contributed by atoms with Crippen LogP contribution < -0.4 is 11.1 Å². The van der Waals surface area contributed by atoms with Gasteiger partial charge >= 0.3 is 0 Å². The molecule has 2 aromatic rings. The second-order valence-corrected chi connectivity index (χ2v) is 4.86. The first-order valence-corrected chi connectivity index (χ1v) is 6.67. The highest BCUT2D eigenvalue weighted by Gasteiger charge is 2.09. The minimum atomic E-state index is 0.0531. The fourth-order valence-electron chi connectivity index (χ4n) is 2.27. The highest BCUT2D eigenvalue weighted by molar-refractivity contribution is 5.90. The molecule has 19 heavy (non-hydrogen) atoms. The molecule has 1 atom stereocenters. The summed E-state index contributed by atoms with van der Waals surface area (Å²) in [5.74, 6) is 0.0531. The van der Waals surface area contributed by atoms with Crippen molar-refractivity contribution in [3.63, 3.8) is 0 Å². The molecule has 1 amide bonds. The number of hydrogen-bond donors (Lipinski definition) is 2. The molecular formula is C16H20N2O. The lowest BCUT2D eigenvalue weighted by atomic mass is 10.0. The van der Waals surface area contributed by atoms with Gasteiger partial charge in [-0.1, -0.05) is 42.5 Å². The SMILES string of the molecule is CC(CCN)NC(=O)Cc1cccc2ccccc12. The van der Waals surface area contributed by atoms with Gasteiger partial charge in [0.05, 0.1) is 6.42 Å². The van der Waals surface area contributed by atoms with Gasteiger partial charge in [0.2, 0.25) is 5.91 Å². The molecule has 3 N–H and O–H groups in total. The molecule has 0 heterocycles. The Morgan fingerprint density at radius 3 is 2.74 bits per heavy atom. The average Bonchev–Trinajstić information content (AvgIpc) is 2.39. The summed E-state index contributed by atoms with van der Waals surface area (Å²) in [7, 11) is 0. The summed E-state index contributed by atoms with van der Waals surface area (Å²) < 4.78 is 0. The predicted molar refractivity (Wildman–Crippen MR) is 78.9 cm³/mol. The van der Waals surface area contributed by atoms with E-state index in [4.69, 9.17) is 5.73 Å². The van der Waals surface area contributed by atoms with Gasteiger partial charge in [0.1, 0.15) is 0 Å². The first-order valence-electron chi connectivity index (χ1n) is 6.67. The van der Waals surface area contributed by atoms with E-state index in [2.05, 4.69) is 23.5 Å². The minimum Gasteiger partial charge on any atom is -0.353 e. The Labute approximate surface area is 113 Å². The normalized spacial score (nSPS) is 12.3. The molecule has 100 valence electrons. The van der Waals surface area contributed by atoms with Gasteiger partial charge in [-0.05, 0) is 36.2 Å². The van der Waals surface area contributed by atoms with Crippen LogP contribution in [0.15, 0.2) is 42.5 Å². The van der Waals surface area contributed by atoms with E-state index in [0.29, 0.717) is 13.0 Å². The maximum absolute atomic E-state index is 12.0. The lowest BCUT2D eigenvalue weighted by Gasteiger charge is -2.13. The topological polar surface area (TPSA) is 55.1 Å². The third-order valence-electron chi connectivity index (χ3n) is 3.24. The first-order chi connectivity index (χ1) is 9.20. The molecule has 0 aromatic heterocycles. The smallest absolute Gasteiger partial charge is 0.224 e. The van der Waals surface area contributed by atoms with Crippen LogP contribution in [0, 0.1) is 0 Å². The Kier molecular flexibility index (Phi) is 4.53. The number of benzene rings is 2. The molecule has 0 aliphatic heterocycles. The molecule has 3 nitrogen and oxygen atoms in total. The number of rotatable bonds is 5. The third kappa shape index (κ3) is 3.55.